The molecule has 1 unspecified atom stereocenters. The smallest absolute Gasteiger partial charge is 0.343 e. The topological polar surface area (TPSA) is 61.8 Å². The summed E-state index contributed by atoms with van der Waals surface area (Å²) in [5.74, 6) is -1.16. The largest absolute Gasteiger partial charge is 0.458 e. The third-order valence-corrected chi connectivity index (χ3v) is 3.53. The van der Waals surface area contributed by atoms with Crippen LogP contribution in [0.4, 0.5) is 0 Å². The van der Waals surface area contributed by atoms with Gasteiger partial charge in [0, 0.05) is 0 Å². The molecule has 0 bridgehead atoms. The number of ketones is 1. The first-order valence-corrected chi connectivity index (χ1v) is 8.88. The van der Waals surface area contributed by atoms with Crippen LogP contribution in [0.25, 0.3) is 0 Å². The lowest BCUT2D eigenvalue weighted by Gasteiger charge is -2.23. The monoisotopic (exact) mass is 370 g/mol. The van der Waals surface area contributed by atoms with Crippen LogP contribution in [0.3, 0.4) is 0 Å². The van der Waals surface area contributed by atoms with Crippen molar-refractivity contribution < 1.29 is 23.8 Å². The van der Waals surface area contributed by atoms with Crippen LogP contribution in [0, 0.1) is 0 Å². The predicted molar refractivity (Wildman–Crippen MR) is 102 cm³/mol. The molecular weight excluding hydrogens is 344 g/mol. The number of benzene rings is 2. The summed E-state index contributed by atoms with van der Waals surface area (Å²) in [5.41, 5.74) is 1.10. The minimum atomic E-state index is -1.32. The molecular formula is C22H26O5. The van der Waals surface area contributed by atoms with E-state index in [2.05, 4.69) is 0 Å². The minimum Gasteiger partial charge on any atom is -0.458 e. The molecule has 5 heteroatoms. The molecule has 2 aromatic carbocycles. The molecule has 0 aromatic heterocycles. The fourth-order valence-electron chi connectivity index (χ4n) is 2.32. The van der Waals surface area contributed by atoms with Gasteiger partial charge in [-0.3, -0.25) is 4.79 Å². The zero-order chi connectivity index (χ0) is 19.7. The lowest BCUT2D eigenvalue weighted by molar-refractivity contribution is -0.173. The van der Waals surface area contributed by atoms with Crippen LogP contribution in [0.15, 0.2) is 60.7 Å². The molecule has 0 saturated heterocycles. The van der Waals surface area contributed by atoms with Crippen LogP contribution in [-0.4, -0.2) is 30.1 Å². The van der Waals surface area contributed by atoms with Gasteiger partial charge in [-0.25, -0.2) is 4.79 Å². The molecule has 1 atom stereocenters. The van der Waals surface area contributed by atoms with E-state index in [1.807, 2.05) is 60.7 Å². The van der Waals surface area contributed by atoms with E-state index in [4.69, 9.17) is 14.2 Å². The molecule has 0 heterocycles. The molecule has 0 N–H and O–H groups in total. The Balaban J connectivity index is 1.96. The van der Waals surface area contributed by atoms with E-state index in [1.165, 1.54) is 0 Å². The zero-order valence-corrected chi connectivity index (χ0v) is 16.0. The first-order valence-electron chi connectivity index (χ1n) is 8.88. The van der Waals surface area contributed by atoms with Crippen molar-refractivity contribution >= 4 is 11.8 Å². The first kappa shape index (κ1) is 20.8. The van der Waals surface area contributed by atoms with Crippen molar-refractivity contribution in [3.63, 3.8) is 0 Å². The number of ether oxygens (including phenoxy) is 3. The van der Waals surface area contributed by atoms with Crippen molar-refractivity contribution in [2.75, 3.05) is 6.61 Å². The molecule has 2 rings (SSSR count). The van der Waals surface area contributed by atoms with E-state index < -0.39 is 23.5 Å². The normalized spacial score (nSPS) is 12.4. The van der Waals surface area contributed by atoms with Crippen molar-refractivity contribution in [1.29, 1.82) is 0 Å². The van der Waals surface area contributed by atoms with E-state index in [9.17, 15) is 9.59 Å². The Kier molecular flexibility index (Phi) is 7.70. The van der Waals surface area contributed by atoms with E-state index >= 15 is 0 Å². The summed E-state index contributed by atoms with van der Waals surface area (Å²) in [5, 5.41) is 0. The van der Waals surface area contributed by atoms with Crippen molar-refractivity contribution in [3.05, 3.63) is 71.8 Å². The van der Waals surface area contributed by atoms with Crippen molar-refractivity contribution in [2.24, 2.45) is 0 Å². The number of Topliss-reactive ketones (excluding diaryl/α,β-unsaturated/α-hetero) is 1. The number of rotatable bonds is 9. The molecule has 0 amide bonds. The number of hydrogen-bond donors (Lipinski definition) is 0. The molecule has 0 aliphatic heterocycles. The summed E-state index contributed by atoms with van der Waals surface area (Å²) in [4.78, 5) is 25.0. The number of esters is 1. The Morgan fingerprint density at radius 3 is 1.89 bits per heavy atom. The summed E-state index contributed by atoms with van der Waals surface area (Å²) in [6.45, 7) is 5.43. The average Bonchev–Trinajstić information content (AvgIpc) is 2.62. The van der Waals surface area contributed by atoms with Gasteiger partial charge in [0.2, 0.25) is 6.10 Å². The molecule has 0 fully saturated rings. The standard InChI is InChI=1S/C22H26O5/c1-22(2,3)27-21(24)20(26-15-18-12-8-5-9-13-18)19(23)16-25-14-17-10-6-4-7-11-17/h4-13,20H,14-16H2,1-3H3. The average molecular weight is 370 g/mol. The van der Waals surface area contributed by atoms with E-state index in [0.717, 1.165) is 11.1 Å². The van der Waals surface area contributed by atoms with Gasteiger partial charge in [0.15, 0.2) is 5.78 Å². The van der Waals surface area contributed by atoms with Crippen LogP contribution >= 0.6 is 0 Å². The summed E-state index contributed by atoms with van der Waals surface area (Å²) in [6.07, 6.45) is -1.32. The van der Waals surface area contributed by atoms with Crippen LogP contribution in [0.5, 0.6) is 0 Å². The summed E-state index contributed by atoms with van der Waals surface area (Å²) < 4.78 is 16.4. The maximum absolute atomic E-state index is 12.5. The third-order valence-electron chi connectivity index (χ3n) is 3.53. The van der Waals surface area contributed by atoms with Crippen LogP contribution in [0.1, 0.15) is 31.9 Å². The Morgan fingerprint density at radius 2 is 1.37 bits per heavy atom. The lowest BCUT2D eigenvalue weighted by Crippen LogP contribution is -2.40. The summed E-state index contributed by atoms with van der Waals surface area (Å²) in [6, 6.07) is 18.9. The molecule has 0 aliphatic carbocycles. The van der Waals surface area contributed by atoms with Gasteiger partial charge in [0.25, 0.3) is 0 Å². The highest BCUT2D eigenvalue weighted by Gasteiger charge is 2.32. The molecule has 2 aromatic rings. The third kappa shape index (κ3) is 7.72. The molecule has 5 nitrogen and oxygen atoms in total. The second kappa shape index (κ2) is 10.00. The second-order valence-corrected chi connectivity index (χ2v) is 7.15. The highest BCUT2D eigenvalue weighted by atomic mass is 16.6. The molecule has 0 saturated carbocycles. The van der Waals surface area contributed by atoms with Gasteiger partial charge < -0.3 is 14.2 Å². The van der Waals surface area contributed by atoms with Gasteiger partial charge in [-0.05, 0) is 31.9 Å². The number of carbonyl (C=O) groups is 2. The quantitative estimate of drug-likeness (QED) is 0.497. The number of hydrogen-bond acceptors (Lipinski definition) is 5. The second-order valence-electron chi connectivity index (χ2n) is 7.15. The molecule has 27 heavy (non-hydrogen) atoms. The van der Waals surface area contributed by atoms with Gasteiger partial charge in [-0.1, -0.05) is 60.7 Å². The SMILES string of the molecule is CC(C)(C)OC(=O)C(OCc1ccccc1)C(=O)COCc1ccccc1. The molecule has 144 valence electrons. The Labute approximate surface area is 160 Å². The molecule has 0 radical (unpaired) electrons. The summed E-state index contributed by atoms with van der Waals surface area (Å²) in [7, 11) is 0. The van der Waals surface area contributed by atoms with Crippen molar-refractivity contribution in [3.8, 4) is 0 Å². The van der Waals surface area contributed by atoms with Gasteiger partial charge in [-0.15, -0.1) is 0 Å². The maximum atomic E-state index is 12.5. The fourth-order valence-corrected chi connectivity index (χ4v) is 2.32. The van der Waals surface area contributed by atoms with Crippen LogP contribution < -0.4 is 0 Å². The Morgan fingerprint density at radius 1 is 0.852 bits per heavy atom. The highest BCUT2D eigenvalue weighted by Crippen LogP contribution is 2.13. The predicted octanol–water partition coefficient (Wildman–Crippen LogP) is 3.70. The van der Waals surface area contributed by atoms with E-state index in [0.29, 0.717) is 0 Å². The Hall–Kier alpha value is -2.50. The van der Waals surface area contributed by atoms with Gasteiger partial charge >= 0.3 is 5.97 Å². The number of carbonyl (C=O) groups excluding carboxylic acids is 2. The van der Waals surface area contributed by atoms with Crippen LogP contribution in [-0.2, 0) is 37.0 Å². The minimum absolute atomic E-state index is 0.134. The lowest BCUT2D eigenvalue weighted by atomic mass is 10.1. The van der Waals surface area contributed by atoms with Crippen molar-refractivity contribution in [2.45, 2.75) is 45.7 Å². The van der Waals surface area contributed by atoms with Gasteiger partial charge in [0.1, 0.15) is 12.2 Å². The van der Waals surface area contributed by atoms with Gasteiger partial charge in [0.05, 0.1) is 13.2 Å². The van der Waals surface area contributed by atoms with E-state index in [-0.39, 0.29) is 19.8 Å². The first-order chi connectivity index (χ1) is 12.8. The van der Waals surface area contributed by atoms with Crippen molar-refractivity contribution in [1.82, 2.24) is 0 Å². The van der Waals surface area contributed by atoms with Gasteiger partial charge in [-0.2, -0.15) is 0 Å². The maximum Gasteiger partial charge on any atom is 0.343 e. The molecule has 0 aliphatic rings. The Bertz CT molecular complexity index is 719. The van der Waals surface area contributed by atoms with Crippen LogP contribution in [0.2, 0.25) is 0 Å². The fraction of sp³-hybridized carbons (Fsp3) is 0.364. The molecule has 0 spiro atoms. The highest BCUT2D eigenvalue weighted by molar-refractivity contribution is 6.02. The van der Waals surface area contributed by atoms with E-state index in [1.54, 1.807) is 20.8 Å². The summed E-state index contributed by atoms with van der Waals surface area (Å²) >= 11 is 0. The zero-order valence-electron chi connectivity index (χ0n) is 16.0.